The van der Waals surface area contributed by atoms with E-state index in [9.17, 15) is 4.79 Å². The molecule has 0 saturated heterocycles. The molecule has 0 unspecified atom stereocenters. The molecule has 1 aromatic carbocycles. The topological polar surface area (TPSA) is 118 Å². The third kappa shape index (κ3) is 3.67. The van der Waals surface area contributed by atoms with E-state index in [4.69, 9.17) is 24.8 Å². The number of esters is 1. The van der Waals surface area contributed by atoms with E-state index >= 15 is 0 Å². The molecule has 0 saturated carbocycles. The Morgan fingerprint density at radius 2 is 2.18 bits per heavy atom. The zero-order valence-corrected chi connectivity index (χ0v) is 15.7. The third-order valence-corrected chi connectivity index (χ3v) is 4.84. The van der Waals surface area contributed by atoms with Gasteiger partial charge in [0.1, 0.15) is 16.3 Å². The monoisotopic (exact) mass is 400 g/mol. The molecule has 1 aliphatic rings. The molecule has 2 aromatic heterocycles. The summed E-state index contributed by atoms with van der Waals surface area (Å²) in [7, 11) is 0. The fraction of sp³-hybridized carbons (Fsp3) is 0.222. The van der Waals surface area contributed by atoms with Gasteiger partial charge in [0.05, 0.1) is 18.5 Å². The zero-order valence-electron chi connectivity index (χ0n) is 14.9. The first-order valence-corrected chi connectivity index (χ1v) is 9.23. The highest BCUT2D eigenvalue weighted by Gasteiger charge is 2.16. The predicted octanol–water partition coefficient (Wildman–Crippen LogP) is 2.73. The Balaban J connectivity index is 1.49. The summed E-state index contributed by atoms with van der Waals surface area (Å²) in [6.07, 6.45) is 1.44. The lowest BCUT2D eigenvalue weighted by Gasteiger charge is -2.02. The summed E-state index contributed by atoms with van der Waals surface area (Å²) in [5.74, 6) is 1.06. The van der Waals surface area contributed by atoms with Crippen molar-refractivity contribution in [3.63, 3.8) is 0 Å². The van der Waals surface area contributed by atoms with E-state index < -0.39 is 5.97 Å². The minimum atomic E-state index is -0.411. The molecule has 3 heterocycles. The smallest absolute Gasteiger partial charge is 0.348 e. The summed E-state index contributed by atoms with van der Waals surface area (Å²) < 4.78 is 15.6. The number of anilines is 1. The lowest BCUT2D eigenvalue weighted by molar-refractivity contribution is 0.0532. The van der Waals surface area contributed by atoms with Gasteiger partial charge in [-0.15, -0.1) is 11.3 Å². The molecule has 4 rings (SSSR count). The SMILES string of the molecule is CCOC(=O)c1cc2c(/C=N/OCc3ccc4c(c3)OCO4)nc(N)nc2s1. The Morgan fingerprint density at radius 1 is 1.32 bits per heavy atom. The second-order valence-electron chi connectivity index (χ2n) is 5.71. The Morgan fingerprint density at radius 3 is 3.04 bits per heavy atom. The Bertz CT molecular complexity index is 1070. The van der Waals surface area contributed by atoms with Crippen LogP contribution >= 0.6 is 11.3 Å². The number of nitrogens with zero attached hydrogens (tertiary/aromatic N) is 3. The van der Waals surface area contributed by atoms with E-state index in [1.807, 2.05) is 18.2 Å². The molecule has 0 fully saturated rings. The Hall–Kier alpha value is -3.40. The summed E-state index contributed by atoms with van der Waals surface area (Å²) in [5.41, 5.74) is 7.10. The van der Waals surface area contributed by atoms with Crippen molar-refractivity contribution in [1.82, 2.24) is 9.97 Å². The van der Waals surface area contributed by atoms with E-state index in [1.165, 1.54) is 17.6 Å². The van der Waals surface area contributed by atoms with Gasteiger partial charge in [-0.1, -0.05) is 11.2 Å². The number of nitrogen functional groups attached to an aromatic ring is 1. The molecule has 2 N–H and O–H groups in total. The number of carbonyl (C=O) groups excluding carboxylic acids is 1. The molecular formula is C18H16N4O5S. The number of rotatable bonds is 6. The van der Waals surface area contributed by atoms with Gasteiger partial charge >= 0.3 is 5.97 Å². The standard InChI is InChI=1S/C18H16N4O5S/c1-2-24-17(23)15-6-11-12(21-18(19)22-16(11)28-15)7-20-27-8-10-3-4-13-14(5-10)26-9-25-13/h3-7H,2,8-9H2,1H3,(H2,19,21,22)/b20-7+. The van der Waals surface area contributed by atoms with Crippen LogP contribution in [-0.2, 0) is 16.2 Å². The number of benzene rings is 1. The molecule has 1 aliphatic heterocycles. The van der Waals surface area contributed by atoms with Crippen molar-refractivity contribution in [3.8, 4) is 11.5 Å². The van der Waals surface area contributed by atoms with E-state index in [-0.39, 0.29) is 19.3 Å². The number of thiophene rings is 1. The molecule has 9 nitrogen and oxygen atoms in total. The number of hydrogen-bond donors (Lipinski definition) is 1. The van der Waals surface area contributed by atoms with E-state index in [0.717, 1.165) is 5.56 Å². The second kappa shape index (κ2) is 7.69. The molecule has 0 radical (unpaired) electrons. The van der Waals surface area contributed by atoms with Crippen molar-refractivity contribution in [2.45, 2.75) is 13.5 Å². The second-order valence-corrected chi connectivity index (χ2v) is 6.74. The average molecular weight is 400 g/mol. The summed E-state index contributed by atoms with van der Waals surface area (Å²) in [6.45, 7) is 2.51. The first-order valence-electron chi connectivity index (χ1n) is 8.42. The zero-order chi connectivity index (χ0) is 19.5. The molecule has 0 aliphatic carbocycles. The van der Waals surface area contributed by atoms with Crippen LogP contribution < -0.4 is 15.2 Å². The molecule has 0 bridgehead atoms. The summed E-state index contributed by atoms with van der Waals surface area (Å²) >= 11 is 1.19. The van der Waals surface area contributed by atoms with Crippen LogP contribution in [0.2, 0.25) is 0 Å². The van der Waals surface area contributed by atoms with Gasteiger partial charge in [0.2, 0.25) is 12.7 Å². The van der Waals surface area contributed by atoms with Crippen molar-refractivity contribution in [1.29, 1.82) is 0 Å². The lowest BCUT2D eigenvalue weighted by Crippen LogP contribution is -2.01. The Labute approximate surface area is 163 Å². The van der Waals surface area contributed by atoms with Gasteiger partial charge in [-0.05, 0) is 30.7 Å². The highest BCUT2D eigenvalue weighted by molar-refractivity contribution is 7.20. The third-order valence-electron chi connectivity index (χ3n) is 3.83. The number of carbonyl (C=O) groups is 1. The van der Waals surface area contributed by atoms with Gasteiger partial charge < -0.3 is 24.8 Å². The van der Waals surface area contributed by atoms with Gasteiger partial charge in [-0.3, -0.25) is 0 Å². The van der Waals surface area contributed by atoms with Crippen molar-refractivity contribution in [2.24, 2.45) is 5.16 Å². The van der Waals surface area contributed by atoms with Crippen LogP contribution in [-0.4, -0.2) is 35.6 Å². The first-order chi connectivity index (χ1) is 13.6. The van der Waals surface area contributed by atoms with Crippen LogP contribution in [0.3, 0.4) is 0 Å². The van der Waals surface area contributed by atoms with Crippen molar-refractivity contribution >= 4 is 39.7 Å². The van der Waals surface area contributed by atoms with Gasteiger partial charge in [0.25, 0.3) is 0 Å². The van der Waals surface area contributed by atoms with Crippen LogP contribution in [0, 0.1) is 0 Å². The van der Waals surface area contributed by atoms with Crippen LogP contribution in [0.1, 0.15) is 27.9 Å². The van der Waals surface area contributed by atoms with Crippen molar-refractivity contribution in [3.05, 3.63) is 40.4 Å². The maximum atomic E-state index is 11.9. The van der Waals surface area contributed by atoms with E-state index in [0.29, 0.717) is 38.9 Å². The fourth-order valence-electron chi connectivity index (χ4n) is 2.59. The van der Waals surface area contributed by atoms with E-state index in [2.05, 4.69) is 15.1 Å². The number of oxime groups is 1. The molecule has 10 heteroatoms. The molecule has 0 atom stereocenters. The minimum absolute atomic E-state index is 0.0852. The average Bonchev–Trinajstić information content (AvgIpc) is 3.31. The molecule has 0 spiro atoms. The molecule has 28 heavy (non-hydrogen) atoms. The normalized spacial score (nSPS) is 12.6. The number of ether oxygens (including phenoxy) is 3. The summed E-state index contributed by atoms with van der Waals surface area (Å²) in [6, 6.07) is 7.19. The Kier molecular flexibility index (Phi) is 4.94. The van der Waals surface area contributed by atoms with E-state index in [1.54, 1.807) is 13.0 Å². The lowest BCUT2D eigenvalue weighted by atomic mass is 10.2. The number of hydrogen-bond acceptors (Lipinski definition) is 10. The molecule has 3 aromatic rings. The van der Waals surface area contributed by atoms with Crippen LogP contribution in [0.4, 0.5) is 5.95 Å². The van der Waals surface area contributed by atoms with Gasteiger partial charge in [-0.2, -0.15) is 0 Å². The van der Waals surface area contributed by atoms with Crippen molar-refractivity contribution in [2.75, 3.05) is 19.1 Å². The highest BCUT2D eigenvalue weighted by atomic mass is 32.1. The largest absolute Gasteiger partial charge is 0.462 e. The summed E-state index contributed by atoms with van der Waals surface area (Å²) in [4.78, 5) is 26.6. The van der Waals surface area contributed by atoms with Gasteiger partial charge in [-0.25, -0.2) is 14.8 Å². The predicted molar refractivity (Wildman–Crippen MR) is 103 cm³/mol. The highest BCUT2D eigenvalue weighted by Crippen LogP contribution is 2.32. The summed E-state index contributed by atoms with van der Waals surface area (Å²) in [5, 5.41) is 4.61. The maximum Gasteiger partial charge on any atom is 0.348 e. The fourth-order valence-corrected chi connectivity index (χ4v) is 3.53. The molecule has 0 amide bonds. The van der Waals surface area contributed by atoms with Crippen molar-refractivity contribution < 1.29 is 23.8 Å². The minimum Gasteiger partial charge on any atom is -0.462 e. The number of fused-ring (bicyclic) bond motifs is 2. The quantitative estimate of drug-likeness (QED) is 0.381. The molecular weight excluding hydrogens is 384 g/mol. The first kappa shape index (κ1) is 18.0. The van der Waals surface area contributed by atoms with Gasteiger partial charge in [0.15, 0.2) is 11.5 Å². The number of nitrogens with two attached hydrogens (primary N) is 1. The van der Waals surface area contributed by atoms with Gasteiger partial charge in [0, 0.05) is 5.39 Å². The maximum absolute atomic E-state index is 11.9. The van der Waals surface area contributed by atoms with Crippen LogP contribution in [0.15, 0.2) is 29.4 Å². The van der Waals surface area contributed by atoms with Crippen LogP contribution in [0.25, 0.3) is 10.2 Å². The number of aromatic nitrogens is 2. The van der Waals surface area contributed by atoms with Crippen LogP contribution in [0.5, 0.6) is 11.5 Å². The molecule has 144 valence electrons.